The van der Waals surface area contributed by atoms with Crippen molar-refractivity contribution in [2.45, 2.75) is 31.3 Å². The number of esters is 4. The first-order valence-electron chi connectivity index (χ1n) is 9.75. The number of hydrogen-bond donors (Lipinski definition) is 0. The van der Waals surface area contributed by atoms with Crippen molar-refractivity contribution in [1.82, 2.24) is 0 Å². The summed E-state index contributed by atoms with van der Waals surface area (Å²) in [6.07, 6.45) is 4.07. The van der Waals surface area contributed by atoms with Gasteiger partial charge in [0.15, 0.2) is 0 Å². The second kappa shape index (κ2) is 15.7. The van der Waals surface area contributed by atoms with E-state index in [1.165, 1.54) is 14.2 Å². The van der Waals surface area contributed by atoms with E-state index >= 15 is 0 Å². The van der Waals surface area contributed by atoms with Gasteiger partial charge in [0.25, 0.3) is 0 Å². The largest absolute Gasteiger partial charge is 0.500 e. The third-order valence-electron chi connectivity index (χ3n) is 3.90. The van der Waals surface area contributed by atoms with Crippen LogP contribution in [-0.4, -0.2) is 66.1 Å². The van der Waals surface area contributed by atoms with Crippen molar-refractivity contribution in [1.29, 1.82) is 0 Å². The Morgan fingerprint density at radius 2 is 1.15 bits per heavy atom. The first kappa shape index (κ1) is 29.9. The molecule has 0 radical (unpaired) electrons. The van der Waals surface area contributed by atoms with Gasteiger partial charge in [-0.2, -0.15) is 0 Å². The van der Waals surface area contributed by atoms with Gasteiger partial charge < -0.3 is 32.2 Å². The molecule has 12 heteroatoms. The van der Waals surface area contributed by atoms with Crippen LogP contribution in [0.3, 0.4) is 0 Å². The van der Waals surface area contributed by atoms with Crippen LogP contribution in [0, 0.1) is 0 Å². The molecule has 0 bridgehead atoms. The number of carbonyl (C=O) groups is 4. The van der Waals surface area contributed by atoms with E-state index in [1.807, 2.05) is 0 Å². The Hall–Kier alpha value is -3.06. The lowest BCUT2D eigenvalue weighted by atomic mass is 10.3. The van der Waals surface area contributed by atoms with Gasteiger partial charge in [0.1, 0.15) is 0 Å². The first-order valence-corrected chi connectivity index (χ1v) is 11.7. The van der Waals surface area contributed by atoms with Gasteiger partial charge in [0.2, 0.25) is 0 Å². The van der Waals surface area contributed by atoms with E-state index < -0.39 is 45.1 Å². The van der Waals surface area contributed by atoms with Crippen molar-refractivity contribution in [3.63, 3.8) is 0 Å². The predicted octanol–water partition coefficient (Wildman–Crippen LogP) is 1.98. The molecule has 33 heavy (non-hydrogen) atoms. The molecule has 0 aliphatic heterocycles. The predicted molar refractivity (Wildman–Crippen MR) is 117 cm³/mol. The summed E-state index contributed by atoms with van der Waals surface area (Å²) in [5, 5.41) is 0. The molecule has 0 atom stereocenters. The van der Waals surface area contributed by atoms with Gasteiger partial charge in [-0.3, -0.25) is 0 Å². The van der Waals surface area contributed by atoms with Crippen LogP contribution < -0.4 is 0 Å². The summed E-state index contributed by atoms with van der Waals surface area (Å²) in [6, 6.07) is -0.0925. The average Bonchev–Trinajstić information content (AvgIpc) is 2.82. The van der Waals surface area contributed by atoms with Crippen molar-refractivity contribution < 1.29 is 51.4 Å². The minimum atomic E-state index is -3.40. The van der Waals surface area contributed by atoms with E-state index in [4.69, 9.17) is 32.2 Å². The number of ether oxygens (including phenoxy) is 4. The third kappa shape index (κ3) is 11.4. The molecule has 0 saturated carbocycles. The number of rotatable bonds is 18. The second-order valence-corrected chi connectivity index (χ2v) is 9.05. The van der Waals surface area contributed by atoms with Gasteiger partial charge >= 0.3 is 38.7 Å². The summed E-state index contributed by atoms with van der Waals surface area (Å²) in [5.74, 6) is -6.08. The molecule has 0 aromatic rings. The van der Waals surface area contributed by atoms with Gasteiger partial charge in [0, 0.05) is 51.2 Å². The molecule has 0 unspecified atom stereocenters. The van der Waals surface area contributed by atoms with Crippen LogP contribution >= 0.6 is 0 Å². The molecule has 184 valence electrons. The maximum atomic E-state index is 11.9. The quantitative estimate of drug-likeness (QED) is 0.0925. The number of hydrogen-bond acceptors (Lipinski definition) is 11. The minimum Gasteiger partial charge on any atom is -0.463 e. The van der Waals surface area contributed by atoms with Crippen LogP contribution in [0.25, 0.3) is 0 Å². The van der Waals surface area contributed by atoms with E-state index in [-0.39, 0.29) is 19.3 Å². The zero-order valence-electron chi connectivity index (χ0n) is 18.9. The highest BCUT2D eigenvalue weighted by molar-refractivity contribution is 6.60. The molecule has 0 aliphatic carbocycles. The highest BCUT2D eigenvalue weighted by Crippen LogP contribution is 2.29. The number of unbranched alkanes of at least 4 members (excludes halogenated alkanes) is 1. The van der Waals surface area contributed by atoms with Crippen molar-refractivity contribution in [2.75, 3.05) is 27.4 Å². The summed E-state index contributed by atoms with van der Waals surface area (Å²) < 4.78 is 36.8. The van der Waals surface area contributed by atoms with Crippen molar-refractivity contribution in [3.05, 3.63) is 50.6 Å². The highest BCUT2D eigenvalue weighted by atomic mass is 28.4. The van der Waals surface area contributed by atoms with E-state index in [1.54, 1.807) is 0 Å². The molecule has 0 aromatic carbocycles. The van der Waals surface area contributed by atoms with Crippen LogP contribution in [0.2, 0.25) is 6.04 Å². The standard InChI is InChI=1S/C21H30O11Si/c1-7-17(22)28-14-11-12-15-29-33(26-5,27-6)16-13-21(30-18(23)8-2,31-19(24)9-3)32-20(25)10-4/h7-10H,1-4,11-16H2,5-6H3. The molecule has 0 rings (SSSR count). The summed E-state index contributed by atoms with van der Waals surface area (Å²) in [6.45, 7) is 13.5. The fourth-order valence-corrected chi connectivity index (χ4v) is 4.27. The van der Waals surface area contributed by atoms with Crippen LogP contribution in [0.4, 0.5) is 0 Å². The molecule has 0 fully saturated rings. The van der Waals surface area contributed by atoms with E-state index in [0.717, 1.165) is 24.3 Å². The maximum Gasteiger partial charge on any atom is 0.500 e. The third-order valence-corrected chi connectivity index (χ3v) is 6.65. The molecule has 0 N–H and O–H groups in total. The maximum absolute atomic E-state index is 11.9. The van der Waals surface area contributed by atoms with E-state index in [0.29, 0.717) is 12.8 Å². The zero-order valence-corrected chi connectivity index (χ0v) is 19.9. The fraction of sp³-hybridized carbons (Fsp3) is 0.429. The summed E-state index contributed by atoms with van der Waals surface area (Å²) >= 11 is 0. The fourth-order valence-electron chi connectivity index (χ4n) is 2.25. The normalized spacial score (nSPS) is 11.0. The number of carbonyl (C=O) groups excluding carboxylic acids is 4. The lowest BCUT2D eigenvalue weighted by Crippen LogP contribution is -2.49. The Labute approximate surface area is 193 Å². The molecular formula is C21H30O11Si. The molecule has 0 aliphatic rings. The topological polar surface area (TPSA) is 133 Å². The Kier molecular flexibility index (Phi) is 14.2. The monoisotopic (exact) mass is 486 g/mol. The van der Waals surface area contributed by atoms with Crippen LogP contribution in [0.5, 0.6) is 0 Å². The van der Waals surface area contributed by atoms with Gasteiger partial charge in [-0.1, -0.05) is 26.3 Å². The zero-order chi connectivity index (χ0) is 25.3. The molecule has 0 saturated heterocycles. The van der Waals surface area contributed by atoms with Crippen LogP contribution in [0.1, 0.15) is 19.3 Å². The average molecular weight is 487 g/mol. The summed E-state index contributed by atoms with van der Waals surface area (Å²) in [7, 11) is -0.698. The smallest absolute Gasteiger partial charge is 0.463 e. The Morgan fingerprint density at radius 3 is 1.55 bits per heavy atom. The molecular weight excluding hydrogens is 456 g/mol. The van der Waals surface area contributed by atoms with Crippen LogP contribution in [-0.2, 0) is 51.4 Å². The van der Waals surface area contributed by atoms with Gasteiger partial charge in [-0.15, -0.1) is 0 Å². The molecule has 0 heterocycles. The molecule has 0 amide bonds. The summed E-state index contributed by atoms with van der Waals surface area (Å²) in [4.78, 5) is 46.7. The van der Waals surface area contributed by atoms with E-state index in [9.17, 15) is 19.2 Å². The SMILES string of the molecule is C=CC(=O)OCCCCO[Si](CCC(OC(=O)C=C)(OC(=O)C=C)OC(=O)C=C)(OC)OC. The Morgan fingerprint density at radius 1 is 0.727 bits per heavy atom. The van der Waals surface area contributed by atoms with Gasteiger partial charge in [-0.05, 0) is 12.8 Å². The van der Waals surface area contributed by atoms with E-state index in [2.05, 4.69) is 26.3 Å². The Bertz CT molecular complexity index is 673. The highest BCUT2D eigenvalue weighted by Gasteiger charge is 2.49. The Balaban J connectivity index is 5.43. The van der Waals surface area contributed by atoms with Crippen molar-refractivity contribution in [3.8, 4) is 0 Å². The van der Waals surface area contributed by atoms with Crippen molar-refractivity contribution >= 4 is 32.7 Å². The lowest BCUT2D eigenvalue weighted by Gasteiger charge is -2.33. The van der Waals surface area contributed by atoms with Crippen molar-refractivity contribution in [2.24, 2.45) is 0 Å². The molecule has 0 spiro atoms. The lowest BCUT2D eigenvalue weighted by molar-refractivity contribution is -0.325. The minimum absolute atomic E-state index is 0.0925. The van der Waals surface area contributed by atoms with Crippen LogP contribution in [0.15, 0.2) is 50.6 Å². The molecule has 0 aromatic heterocycles. The van der Waals surface area contributed by atoms with Gasteiger partial charge in [0.05, 0.1) is 13.0 Å². The molecule has 11 nitrogen and oxygen atoms in total. The van der Waals surface area contributed by atoms with Gasteiger partial charge in [-0.25, -0.2) is 19.2 Å². The summed E-state index contributed by atoms with van der Waals surface area (Å²) in [5.41, 5.74) is 0. The second-order valence-electron chi connectivity index (χ2n) is 6.08. The first-order chi connectivity index (χ1) is 15.6.